The van der Waals surface area contributed by atoms with Crippen molar-refractivity contribution in [3.05, 3.63) is 35.4 Å². The third-order valence-electron chi connectivity index (χ3n) is 5.13. The average Bonchev–Trinajstić information content (AvgIpc) is 2.77. The van der Waals surface area contributed by atoms with Crippen molar-refractivity contribution < 1.29 is 0 Å². The van der Waals surface area contributed by atoms with Gasteiger partial charge in [-0.3, -0.25) is 4.99 Å². The number of nitrogens with zero attached hydrogens (tertiary/aromatic N) is 1. The van der Waals surface area contributed by atoms with Gasteiger partial charge in [0.2, 0.25) is 0 Å². The summed E-state index contributed by atoms with van der Waals surface area (Å²) in [7, 11) is 0. The predicted octanol–water partition coefficient (Wildman–Crippen LogP) is 5.14. The summed E-state index contributed by atoms with van der Waals surface area (Å²) in [5.41, 5.74) is 3.05. The van der Waals surface area contributed by atoms with E-state index >= 15 is 0 Å². The van der Waals surface area contributed by atoms with E-state index in [0.29, 0.717) is 0 Å². The maximum atomic E-state index is 4.82. The number of rotatable bonds is 2. The summed E-state index contributed by atoms with van der Waals surface area (Å²) in [5.74, 6) is 1.26. The maximum Gasteiger partial charge on any atom is 0.0969 e. The Kier molecular flexibility index (Phi) is 6.31. The Morgan fingerprint density at radius 1 is 0.955 bits per heavy atom. The third kappa shape index (κ3) is 3.84. The first kappa shape index (κ1) is 17.3. The van der Waals surface area contributed by atoms with Crippen LogP contribution in [-0.4, -0.2) is 12.4 Å². The van der Waals surface area contributed by atoms with Gasteiger partial charge in [0.1, 0.15) is 0 Å². The van der Waals surface area contributed by atoms with Gasteiger partial charge in [-0.2, -0.15) is 0 Å². The monoisotopic (exact) mass is 320 g/mol. The Morgan fingerprint density at radius 3 is 2.45 bits per heavy atom. The number of aliphatic imine (C=N–C) groups is 1. The number of benzene rings is 1. The van der Waals surface area contributed by atoms with Crippen LogP contribution in [0.1, 0.15) is 68.9 Å². The summed E-state index contributed by atoms with van der Waals surface area (Å²) < 4.78 is 0. The molecule has 2 nitrogen and oxygen atoms in total. The van der Waals surface area contributed by atoms with Gasteiger partial charge in [-0.1, -0.05) is 49.9 Å². The zero-order valence-electron chi connectivity index (χ0n) is 13.7. The number of aryl methyl sites for hydroxylation is 1. The highest BCUT2D eigenvalue weighted by molar-refractivity contribution is 5.85. The maximum absolute atomic E-state index is 4.82. The molecule has 0 spiro atoms. The normalized spacial score (nSPS) is 21.2. The van der Waals surface area contributed by atoms with Crippen molar-refractivity contribution >= 4 is 18.2 Å². The Bertz CT molecular complexity index is 504. The number of halogens is 1. The second kappa shape index (κ2) is 8.01. The molecule has 1 heterocycles. The van der Waals surface area contributed by atoms with Crippen LogP contribution in [0.4, 0.5) is 0 Å². The highest BCUT2D eigenvalue weighted by atomic mass is 35.5. The topological polar surface area (TPSA) is 24.4 Å². The van der Waals surface area contributed by atoms with Gasteiger partial charge in [0.05, 0.1) is 11.4 Å². The molecule has 1 aliphatic heterocycles. The molecule has 0 saturated heterocycles. The SMILES string of the molecule is Cc1ccccc1C1(NC2=NCCCCC2)CCCCC1.Cl. The zero-order valence-corrected chi connectivity index (χ0v) is 14.6. The summed E-state index contributed by atoms with van der Waals surface area (Å²) in [4.78, 5) is 4.82. The van der Waals surface area contributed by atoms with E-state index in [-0.39, 0.29) is 17.9 Å². The summed E-state index contributed by atoms with van der Waals surface area (Å²) in [6, 6.07) is 8.92. The minimum Gasteiger partial charge on any atom is -0.364 e. The molecule has 1 N–H and O–H groups in total. The summed E-state index contributed by atoms with van der Waals surface area (Å²) in [5, 5.41) is 3.92. The molecule has 0 atom stereocenters. The summed E-state index contributed by atoms with van der Waals surface area (Å²) in [6.07, 6.45) is 11.5. The molecule has 3 rings (SSSR count). The molecule has 122 valence electrons. The van der Waals surface area contributed by atoms with E-state index in [2.05, 4.69) is 36.5 Å². The van der Waals surface area contributed by atoms with Crippen LogP contribution in [0, 0.1) is 6.92 Å². The minimum atomic E-state index is 0. The molecule has 22 heavy (non-hydrogen) atoms. The Balaban J connectivity index is 0.00000176. The van der Waals surface area contributed by atoms with Crippen LogP contribution in [0.2, 0.25) is 0 Å². The second-order valence-corrected chi connectivity index (χ2v) is 6.72. The van der Waals surface area contributed by atoms with Gasteiger partial charge in [0.25, 0.3) is 0 Å². The number of hydrogen-bond donors (Lipinski definition) is 1. The van der Waals surface area contributed by atoms with Gasteiger partial charge in [-0.05, 0) is 43.7 Å². The third-order valence-corrected chi connectivity index (χ3v) is 5.13. The lowest BCUT2D eigenvalue weighted by Gasteiger charge is -2.41. The van der Waals surface area contributed by atoms with E-state index in [1.54, 1.807) is 0 Å². The van der Waals surface area contributed by atoms with Gasteiger partial charge in [0.15, 0.2) is 0 Å². The van der Waals surface area contributed by atoms with Crippen molar-refractivity contribution in [3.8, 4) is 0 Å². The molecule has 0 unspecified atom stereocenters. The Labute approximate surface area is 141 Å². The smallest absolute Gasteiger partial charge is 0.0969 e. The Hall–Kier alpha value is -1.02. The van der Waals surface area contributed by atoms with Crippen molar-refractivity contribution in [2.75, 3.05) is 6.54 Å². The van der Waals surface area contributed by atoms with E-state index in [1.165, 1.54) is 68.3 Å². The lowest BCUT2D eigenvalue weighted by molar-refractivity contribution is 0.267. The molecular weight excluding hydrogens is 292 g/mol. The van der Waals surface area contributed by atoms with Crippen LogP contribution in [0.15, 0.2) is 29.3 Å². The van der Waals surface area contributed by atoms with Gasteiger partial charge in [0, 0.05) is 13.0 Å². The number of nitrogens with one attached hydrogen (secondary N) is 1. The molecule has 0 bridgehead atoms. The van der Waals surface area contributed by atoms with Crippen LogP contribution in [0.5, 0.6) is 0 Å². The van der Waals surface area contributed by atoms with E-state index in [4.69, 9.17) is 4.99 Å². The molecule has 1 saturated carbocycles. The molecular formula is C19H29ClN2. The quantitative estimate of drug-likeness (QED) is 0.801. The van der Waals surface area contributed by atoms with E-state index in [9.17, 15) is 0 Å². The fraction of sp³-hybridized carbons (Fsp3) is 0.632. The zero-order chi connectivity index (χ0) is 14.5. The predicted molar refractivity (Wildman–Crippen MR) is 97.1 cm³/mol. The lowest BCUT2D eigenvalue weighted by atomic mass is 9.75. The molecule has 0 aromatic heterocycles. The van der Waals surface area contributed by atoms with Crippen molar-refractivity contribution in [2.45, 2.75) is 70.3 Å². The fourth-order valence-corrected chi connectivity index (χ4v) is 3.98. The van der Waals surface area contributed by atoms with Gasteiger partial charge in [-0.15, -0.1) is 12.4 Å². The van der Waals surface area contributed by atoms with Gasteiger partial charge in [-0.25, -0.2) is 0 Å². The number of amidine groups is 1. The van der Waals surface area contributed by atoms with Crippen LogP contribution in [-0.2, 0) is 5.54 Å². The lowest BCUT2D eigenvalue weighted by Crippen LogP contribution is -2.47. The van der Waals surface area contributed by atoms with Crippen molar-refractivity contribution in [1.29, 1.82) is 0 Å². The largest absolute Gasteiger partial charge is 0.364 e. The summed E-state index contributed by atoms with van der Waals surface area (Å²) in [6.45, 7) is 3.26. The standard InChI is InChI=1S/C19H28N2.ClH/c1-16-10-5-6-11-17(16)19(13-7-3-8-14-19)21-18-12-4-2-9-15-20-18;/h5-6,10-11H,2-4,7-9,12-15H2,1H3,(H,20,21);1H. The van der Waals surface area contributed by atoms with Crippen LogP contribution < -0.4 is 5.32 Å². The highest BCUT2D eigenvalue weighted by Crippen LogP contribution is 2.38. The second-order valence-electron chi connectivity index (χ2n) is 6.72. The van der Waals surface area contributed by atoms with Gasteiger partial charge < -0.3 is 5.32 Å². The van der Waals surface area contributed by atoms with Crippen molar-refractivity contribution in [1.82, 2.24) is 5.32 Å². The molecule has 0 amide bonds. The van der Waals surface area contributed by atoms with Crippen molar-refractivity contribution in [3.63, 3.8) is 0 Å². The van der Waals surface area contributed by atoms with Gasteiger partial charge >= 0.3 is 0 Å². The van der Waals surface area contributed by atoms with Crippen LogP contribution in [0.25, 0.3) is 0 Å². The molecule has 1 aromatic carbocycles. The van der Waals surface area contributed by atoms with Crippen molar-refractivity contribution in [2.24, 2.45) is 4.99 Å². The summed E-state index contributed by atoms with van der Waals surface area (Å²) >= 11 is 0. The van der Waals surface area contributed by atoms with Crippen LogP contribution in [0.3, 0.4) is 0 Å². The Morgan fingerprint density at radius 2 is 1.68 bits per heavy atom. The van der Waals surface area contributed by atoms with E-state index < -0.39 is 0 Å². The van der Waals surface area contributed by atoms with Crippen LogP contribution >= 0.6 is 12.4 Å². The average molecular weight is 321 g/mol. The number of hydrogen-bond acceptors (Lipinski definition) is 2. The highest BCUT2D eigenvalue weighted by Gasteiger charge is 2.35. The minimum absolute atomic E-state index is 0. The molecule has 1 aliphatic carbocycles. The molecule has 1 aromatic rings. The van der Waals surface area contributed by atoms with E-state index in [0.717, 1.165) is 13.0 Å². The van der Waals surface area contributed by atoms with E-state index in [1.807, 2.05) is 0 Å². The first-order valence-electron chi connectivity index (χ1n) is 8.68. The fourth-order valence-electron chi connectivity index (χ4n) is 3.98. The first-order valence-corrected chi connectivity index (χ1v) is 8.68. The molecule has 0 radical (unpaired) electrons. The molecule has 1 fully saturated rings. The first-order chi connectivity index (χ1) is 10.3. The molecule has 3 heteroatoms. The molecule has 2 aliphatic rings.